The Morgan fingerprint density at radius 1 is 1.07 bits per heavy atom. The molecule has 0 saturated heterocycles. The van der Waals surface area contributed by atoms with Gasteiger partial charge in [-0.2, -0.15) is 0 Å². The van der Waals surface area contributed by atoms with E-state index in [0.29, 0.717) is 0 Å². The van der Waals surface area contributed by atoms with Crippen molar-refractivity contribution in [3.63, 3.8) is 0 Å². The first kappa shape index (κ1) is 21.0. The van der Waals surface area contributed by atoms with Gasteiger partial charge in [0.15, 0.2) is 0 Å². The topological polar surface area (TPSA) is 105 Å². The van der Waals surface area contributed by atoms with Gasteiger partial charge < -0.3 is 10.6 Å². The summed E-state index contributed by atoms with van der Waals surface area (Å²) in [5, 5.41) is 16.5. The van der Waals surface area contributed by atoms with Gasteiger partial charge in [-0.25, -0.2) is 0 Å². The summed E-state index contributed by atoms with van der Waals surface area (Å²) in [5.74, 6) is -0.683. The van der Waals surface area contributed by atoms with Crippen LogP contribution < -0.4 is 10.6 Å². The van der Waals surface area contributed by atoms with E-state index in [2.05, 4.69) is 10.6 Å². The zero-order valence-electron chi connectivity index (χ0n) is 16.4. The highest BCUT2D eigenvalue weighted by Crippen LogP contribution is 2.23. The molecular weight excluding hydrogens is 360 g/mol. The van der Waals surface area contributed by atoms with Gasteiger partial charge in [0.25, 0.3) is 5.69 Å². The number of rotatable bonds is 7. The van der Waals surface area contributed by atoms with E-state index in [0.717, 1.165) is 16.8 Å². The van der Waals surface area contributed by atoms with Crippen LogP contribution in [0.5, 0.6) is 0 Å². The fraction of sp³-hybridized carbons (Fsp3) is 0.300. The van der Waals surface area contributed by atoms with Gasteiger partial charge >= 0.3 is 0 Å². The van der Waals surface area contributed by atoms with Crippen molar-refractivity contribution in [3.05, 3.63) is 63.7 Å². The summed E-state index contributed by atoms with van der Waals surface area (Å²) in [6, 6.07) is 10.9. The fourth-order valence-electron chi connectivity index (χ4n) is 2.62. The molecule has 0 saturated carbocycles. The number of carbonyl (C=O) groups excluding carboxylic acids is 2. The summed E-state index contributed by atoms with van der Waals surface area (Å²) in [6.45, 7) is 5.53. The van der Waals surface area contributed by atoms with Crippen molar-refractivity contribution < 1.29 is 14.5 Å². The minimum absolute atomic E-state index is 0.00114. The lowest BCUT2D eigenvalue weighted by Gasteiger charge is -2.23. The summed E-state index contributed by atoms with van der Waals surface area (Å²) in [5.41, 5.74) is 2.73. The Balaban J connectivity index is 1.99. The number of hydrogen-bond donors (Lipinski definition) is 2. The maximum absolute atomic E-state index is 12.5. The lowest BCUT2D eigenvalue weighted by atomic mass is 10.1. The molecule has 0 fully saturated rings. The van der Waals surface area contributed by atoms with Crippen molar-refractivity contribution in [1.29, 1.82) is 0 Å². The molecule has 1 unspecified atom stereocenters. The predicted octanol–water partition coefficient (Wildman–Crippen LogP) is 3.11. The molecule has 1 atom stereocenters. The Kier molecular flexibility index (Phi) is 6.84. The van der Waals surface area contributed by atoms with Crippen LogP contribution in [0.2, 0.25) is 0 Å². The smallest absolute Gasteiger partial charge is 0.292 e. The average Bonchev–Trinajstić information content (AvgIpc) is 2.65. The number of nitro groups is 1. The van der Waals surface area contributed by atoms with E-state index >= 15 is 0 Å². The van der Waals surface area contributed by atoms with E-state index in [1.807, 2.05) is 32.0 Å². The molecule has 0 aliphatic heterocycles. The second kappa shape index (κ2) is 9.09. The van der Waals surface area contributed by atoms with Crippen LogP contribution in [0.25, 0.3) is 0 Å². The van der Waals surface area contributed by atoms with Crippen LogP contribution in [-0.2, 0) is 9.59 Å². The van der Waals surface area contributed by atoms with E-state index in [1.54, 1.807) is 24.9 Å². The van der Waals surface area contributed by atoms with E-state index < -0.39 is 16.9 Å². The standard InChI is InChI=1S/C20H24N4O4/c1-13-8-7-10-16(14(13)2)21-19(25)12-23(4)15(3)20(26)22-17-9-5-6-11-18(17)24(27)28/h5-11,15H,12H2,1-4H3,(H,21,25)(H,22,26). The van der Waals surface area contributed by atoms with Crippen molar-refractivity contribution >= 4 is 28.9 Å². The number of hydrogen-bond acceptors (Lipinski definition) is 5. The van der Waals surface area contributed by atoms with Crippen LogP contribution in [0.4, 0.5) is 17.1 Å². The van der Waals surface area contributed by atoms with E-state index in [4.69, 9.17) is 0 Å². The summed E-state index contributed by atoms with van der Waals surface area (Å²) in [7, 11) is 1.65. The van der Waals surface area contributed by atoms with E-state index in [9.17, 15) is 19.7 Å². The van der Waals surface area contributed by atoms with E-state index in [1.165, 1.54) is 18.2 Å². The minimum atomic E-state index is -0.663. The highest BCUT2D eigenvalue weighted by atomic mass is 16.6. The summed E-state index contributed by atoms with van der Waals surface area (Å²) in [4.78, 5) is 36.9. The normalized spacial score (nSPS) is 11.8. The Morgan fingerprint density at radius 2 is 1.71 bits per heavy atom. The Morgan fingerprint density at radius 3 is 2.39 bits per heavy atom. The van der Waals surface area contributed by atoms with Crippen molar-refractivity contribution in [2.45, 2.75) is 26.8 Å². The number of anilines is 2. The third-order valence-electron chi connectivity index (χ3n) is 4.67. The molecule has 28 heavy (non-hydrogen) atoms. The molecule has 2 N–H and O–H groups in total. The monoisotopic (exact) mass is 384 g/mol. The third-order valence-corrected chi connectivity index (χ3v) is 4.67. The van der Waals surface area contributed by atoms with Crippen LogP contribution in [0.1, 0.15) is 18.1 Å². The fourth-order valence-corrected chi connectivity index (χ4v) is 2.62. The van der Waals surface area contributed by atoms with Gasteiger partial charge in [-0.05, 0) is 51.1 Å². The van der Waals surface area contributed by atoms with Gasteiger partial charge in [0.05, 0.1) is 17.5 Å². The summed E-state index contributed by atoms with van der Waals surface area (Å²) in [6.07, 6.45) is 0. The summed E-state index contributed by atoms with van der Waals surface area (Å²) < 4.78 is 0. The lowest BCUT2D eigenvalue weighted by molar-refractivity contribution is -0.383. The number of nitrogens with zero attached hydrogens (tertiary/aromatic N) is 2. The number of amides is 2. The summed E-state index contributed by atoms with van der Waals surface area (Å²) >= 11 is 0. The first-order valence-electron chi connectivity index (χ1n) is 8.81. The number of likely N-dealkylation sites (N-methyl/N-ethyl adjacent to an activating group) is 1. The Hall–Kier alpha value is -3.26. The molecule has 2 amide bonds. The van der Waals surface area contributed by atoms with Crippen LogP contribution in [0.15, 0.2) is 42.5 Å². The second-order valence-corrected chi connectivity index (χ2v) is 6.65. The van der Waals surface area contributed by atoms with Gasteiger partial charge in [0.2, 0.25) is 11.8 Å². The second-order valence-electron chi connectivity index (χ2n) is 6.65. The quantitative estimate of drug-likeness (QED) is 0.564. The predicted molar refractivity (Wildman–Crippen MR) is 108 cm³/mol. The van der Waals surface area contributed by atoms with Crippen molar-refractivity contribution in [1.82, 2.24) is 4.90 Å². The van der Waals surface area contributed by atoms with Crippen LogP contribution in [-0.4, -0.2) is 41.3 Å². The zero-order valence-corrected chi connectivity index (χ0v) is 16.4. The number of benzene rings is 2. The van der Waals surface area contributed by atoms with Gasteiger partial charge in [-0.1, -0.05) is 24.3 Å². The van der Waals surface area contributed by atoms with Crippen LogP contribution >= 0.6 is 0 Å². The maximum Gasteiger partial charge on any atom is 0.292 e. The SMILES string of the molecule is Cc1cccc(NC(=O)CN(C)C(C)C(=O)Nc2ccccc2[N+](=O)[O-])c1C. The largest absolute Gasteiger partial charge is 0.325 e. The van der Waals surface area contributed by atoms with Crippen LogP contribution in [0, 0.1) is 24.0 Å². The Labute approximate surface area is 163 Å². The minimum Gasteiger partial charge on any atom is -0.325 e. The molecule has 0 spiro atoms. The van der Waals surface area contributed by atoms with E-state index in [-0.39, 0.29) is 23.8 Å². The van der Waals surface area contributed by atoms with Gasteiger partial charge in [-0.3, -0.25) is 24.6 Å². The molecule has 0 aliphatic carbocycles. The van der Waals surface area contributed by atoms with Gasteiger partial charge in [0.1, 0.15) is 5.69 Å². The molecule has 0 aromatic heterocycles. The lowest BCUT2D eigenvalue weighted by Crippen LogP contribution is -2.43. The molecule has 8 nitrogen and oxygen atoms in total. The van der Waals surface area contributed by atoms with Crippen molar-refractivity contribution in [3.8, 4) is 0 Å². The molecule has 0 bridgehead atoms. The molecule has 0 heterocycles. The average molecular weight is 384 g/mol. The molecular formula is C20H24N4O4. The number of nitro benzene ring substituents is 1. The first-order chi connectivity index (χ1) is 13.2. The van der Waals surface area contributed by atoms with Crippen LogP contribution in [0.3, 0.4) is 0 Å². The molecule has 0 aliphatic rings. The maximum atomic E-state index is 12.5. The molecule has 2 aromatic carbocycles. The molecule has 148 valence electrons. The van der Waals surface area contributed by atoms with Gasteiger partial charge in [-0.15, -0.1) is 0 Å². The molecule has 0 radical (unpaired) electrons. The number of carbonyl (C=O) groups is 2. The van der Waals surface area contributed by atoms with Crippen molar-refractivity contribution in [2.75, 3.05) is 24.2 Å². The zero-order chi connectivity index (χ0) is 20.8. The van der Waals surface area contributed by atoms with Crippen molar-refractivity contribution in [2.24, 2.45) is 0 Å². The Bertz CT molecular complexity index is 898. The number of aryl methyl sites for hydroxylation is 1. The highest BCUT2D eigenvalue weighted by molar-refractivity contribution is 5.97. The first-order valence-corrected chi connectivity index (χ1v) is 8.81. The molecule has 2 aromatic rings. The highest BCUT2D eigenvalue weighted by Gasteiger charge is 2.23. The number of nitrogens with one attached hydrogen (secondary N) is 2. The third kappa shape index (κ3) is 5.14. The molecule has 2 rings (SSSR count). The van der Waals surface area contributed by atoms with Gasteiger partial charge in [0, 0.05) is 11.8 Å². The number of para-hydroxylation sites is 2. The molecule has 8 heteroatoms.